The van der Waals surface area contributed by atoms with Crippen molar-refractivity contribution in [1.29, 1.82) is 5.26 Å². The van der Waals surface area contributed by atoms with Gasteiger partial charge >= 0.3 is 0 Å². The van der Waals surface area contributed by atoms with Crippen molar-refractivity contribution in [1.82, 2.24) is 19.5 Å². The lowest BCUT2D eigenvalue weighted by atomic mass is 9.85. The minimum absolute atomic E-state index is 0.0213. The summed E-state index contributed by atoms with van der Waals surface area (Å²) >= 11 is 5.97. The number of hydrogen-bond donors (Lipinski definition) is 0. The number of ether oxygens (including phenoxy) is 2. The van der Waals surface area contributed by atoms with Crippen molar-refractivity contribution in [3.05, 3.63) is 82.3 Å². The molecule has 9 heteroatoms. The normalized spacial score (nSPS) is 20.9. The smallest absolute Gasteiger partial charge is 0.254 e. The van der Waals surface area contributed by atoms with Crippen LogP contribution in [0.25, 0.3) is 11.0 Å². The zero-order valence-corrected chi connectivity index (χ0v) is 22.3. The van der Waals surface area contributed by atoms with E-state index >= 15 is 0 Å². The molecular formula is C30H29ClFN5O2. The summed E-state index contributed by atoms with van der Waals surface area (Å²) in [5, 5.41) is 9.98. The minimum Gasteiger partial charge on any atom is -0.472 e. The Bertz CT molecular complexity index is 1500. The van der Waals surface area contributed by atoms with Crippen molar-refractivity contribution in [2.75, 3.05) is 6.61 Å². The van der Waals surface area contributed by atoms with Crippen LogP contribution in [0.4, 0.5) is 4.39 Å². The second-order valence-corrected chi connectivity index (χ2v) is 10.9. The number of aromatic nitrogens is 4. The highest BCUT2D eigenvalue weighted by Crippen LogP contribution is 2.32. The van der Waals surface area contributed by atoms with Crippen LogP contribution in [-0.2, 0) is 24.1 Å². The molecule has 0 amide bonds. The molecule has 3 heterocycles. The molecule has 200 valence electrons. The summed E-state index contributed by atoms with van der Waals surface area (Å²) in [6.07, 6.45) is 7.26. The van der Waals surface area contributed by atoms with Crippen molar-refractivity contribution in [2.45, 2.75) is 63.7 Å². The van der Waals surface area contributed by atoms with Crippen molar-refractivity contribution in [3.63, 3.8) is 0 Å². The topological polar surface area (TPSA) is 85.9 Å². The molecule has 1 saturated carbocycles. The molecule has 6 rings (SSSR count). The van der Waals surface area contributed by atoms with Crippen molar-refractivity contribution < 1.29 is 13.9 Å². The van der Waals surface area contributed by atoms with E-state index in [0.29, 0.717) is 28.7 Å². The first-order chi connectivity index (χ1) is 19.0. The largest absolute Gasteiger partial charge is 0.472 e. The maximum absolute atomic E-state index is 14.5. The van der Waals surface area contributed by atoms with Gasteiger partial charge in [0.15, 0.2) is 0 Å². The molecule has 0 N–H and O–H groups in total. The second-order valence-electron chi connectivity index (χ2n) is 10.4. The van der Waals surface area contributed by atoms with Gasteiger partial charge in [-0.1, -0.05) is 23.7 Å². The monoisotopic (exact) mass is 545 g/mol. The van der Waals surface area contributed by atoms with Crippen LogP contribution in [0.2, 0.25) is 5.02 Å². The van der Waals surface area contributed by atoms with Gasteiger partial charge in [-0.3, -0.25) is 0 Å². The molecule has 39 heavy (non-hydrogen) atoms. The molecule has 2 aliphatic rings. The van der Waals surface area contributed by atoms with E-state index in [1.165, 1.54) is 6.20 Å². The Hall–Kier alpha value is -3.54. The number of rotatable bonds is 8. The van der Waals surface area contributed by atoms with Gasteiger partial charge in [0, 0.05) is 24.5 Å². The number of nitriles is 1. The molecule has 4 aromatic rings. The molecule has 2 aromatic heterocycles. The molecule has 1 atom stereocenters. The van der Waals surface area contributed by atoms with E-state index in [9.17, 15) is 9.65 Å². The molecule has 1 aliphatic carbocycles. The van der Waals surface area contributed by atoms with Gasteiger partial charge in [0.1, 0.15) is 17.8 Å². The van der Waals surface area contributed by atoms with E-state index in [0.717, 1.165) is 74.1 Å². The van der Waals surface area contributed by atoms with E-state index in [1.54, 1.807) is 0 Å². The Morgan fingerprint density at radius 3 is 2.59 bits per heavy atom. The average molecular weight is 546 g/mol. The standard InChI is InChI=1S/C30H29ClFN5O2/c31-22-6-1-19(2-7-22)14-28-34-17-25(32)30(36-28)39-23-8-3-20(4-9-23)15-29-35-26-13-21(16-33)5-10-27(26)37(29)18-24-11-12-38-24/h1-2,5-7,10,13,17,20,23-24H,3-4,8-9,11-12,14-15,18H2/t20-,23-,24-/m0/s1. The fraction of sp³-hybridized carbons (Fsp3) is 0.400. The van der Waals surface area contributed by atoms with Crippen LogP contribution < -0.4 is 4.74 Å². The summed E-state index contributed by atoms with van der Waals surface area (Å²) in [6.45, 7) is 1.59. The Morgan fingerprint density at radius 2 is 1.87 bits per heavy atom. The van der Waals surface area contributed by atoms with Crippen molar-refractivity contribution in [2.24, 2.45) is 5.92 Å². The van der Waals surface area contributed by atoms with Crippen LogP contribution in [0, 0.1) is 23.1 Å². The predicted octanol–water partition coefficient (Wildman–Crippen LogP) is 6.05. The maximum Gasteiger partial charge on any atom is 0.254 e. The highest BCUT2D eigenvalue weighted by molar-refractivity contribution is 6.30. The molecular weight excluding hydrogens is 517 g/mol. The summed E-state index contributed by atoms with van der Waals surface area (Å²) in [7, 11) is 0. The molecule has 0 radical (unpaired) electrons. The number of hydrogen-bond acceptors (Lipinski definition) is 6. The predicted molar refractivity (Wildman–Crippen MR) is 145 cm³/mol. The van der Waals surface area contributed by atoms with Gasteiger partial charge in [0.25, 0.3) is 5.88 Å². The summed E-state index contributed by atoms with van der Waals surface area (Å²) in [5.41, 5.74) is 3.51. The maximum atomic E-state index is 14.5. The minimum atomic E-state index is -0.541. The molecule has 2 fully saturated rings. The van der Waals surface area contributed by atoms with E-state index in [-0.39, 0.29) is 18.1 Å². The van der Waals surface area contributed by atoms with Gasteiger partial charge in [0.2, 0.25) is 5.82 Å². The molecule has 7 nitrogen and oxygen atoms in total. The third-order valence-corrected chi connectivity index (χ3v) is 7.97. The molecule has 1 aliphatic heterocycles. The first kappa shape index (κ1) is 25.7. The van der Waals surface area contributed by atoms with E-state index in [2.05, 4.69) is 20.6 Å². The highest BCUT2D eigenvalue weighted by Gasteiger charge is 2.27. The first-order valence-corrected chi connectivity index (χ1v) is 13.8. The number of benzene rings is 2. The molecule has 0 bridgehead atoms. The van der Waals surface area contributed by atoms with Crippen molar-refractivity contribution >= 4 is 22.6 Å². The van der Waals surface area contributed by atoms with Crippen LogP contribution in [0.5, 0.6) is 5.88 Å². The Morgan fingerprint density at radius 1 is 1.08 bits per heavy atom. The fourth-order valence-electron chi connectivity index (χ4n) is 5.45. The lowest BCUT2D eigenvalue weighted by Crippen LogP contribution is -2.32. The highest BCUT2D eigenvalue weighted by atomic mass is 35.5. The molecule has 0 unspecified atom stereocenters. The molecule has 1 saturated heterocycles. The van der Waals surface area contributed by atoms with E-state index < -0.39 is 5.82 Å². The number of fused-ring (bicyclic) bond motifs is 1. The fourth-order valence-corrected chi connectivity index (χ4v) is 5.58. The summed E-state index contributed by atoms with van der Waals surface area (Å²) < 4.78 is 28.5. The lowest BCUT2D eigenvalue weighted by Gasteiger charge is -2.30. The zero-order chi connectivity index (χ0) is 26.8. The first-order valence-electron chi connectivity index (χ1n) is 13.5. The summed E-state index contributed by atoms with van der Waals surface area (Å²) in [6, 6.07) is 15.4. The zero-order valence-electron chi connectivity index (χ0n) is 21.5. The van der Waals surface area contributed by atoms with Gasteiger partial charge < -0.3 is 14.0 Å². The summed E-state index contributed by atoms with van der Waals surface area (Å²) in [5.74, 6) is 1.48. The average Bonchev–Trinajstić information content (AvgIpc) is 3.26. The Balaban J connectivity index is 1.10. The van der Waals surface area contributed by atoms with Gasteiger partial charge in [-0.25, -0.2) is 9.97 Å². The van der Waals surface area contributed by atoms with Crippen LogP contribution in [0.1, 0.15) is 54.9 Å². The van der Waals surface area contributed by atoms with Crippen LogP contribution in [-0.4, -0.2) is 38.3 Å². The van der Waals surface area contributed by atoms with Crippen LogP contribution in [0.15, 0.2) is 48.7 Å². The van der Waals surface area contributed by atoms with Gasteiger partial charge in [-0.2, -0.15) is 14.6 Å². The number of nitrogens with zero attached hydrogens (tertiary/aromatic N) is 5. The SMILES string of the molecule is N#Cc1ccc2c(c1)nc(C[C@H]1CC[C@H](Oc3nc(Cc4ccc(Cl)cc4)ncc3F)CC1)n2C[C@@H]1CCO1. The van der Waals surface area contributed by atoms with Crippen LogP contribution >= 0.6 is 11.6 Å². The summed E-state index contributed by atoms with van der Waals surface area (Å²) in [4.78, 5) is 13.4. The van der Waals surface area contributed by atoms with Gasteiger partial charge in [-0.15, -0.1) is 0 Å². The molecule has 0 spiro atoms. The number of imidazole rings is 1. The molecule has 2 aromatic carbocycles. The Labute approximate surface area is 231 Å². The van der Waals surface area contributed by atoms with Crippen LogP contribution in [0.3, 0.4) is 0 Å². The quantitative estimate of drug-likeness (QED) is 0.268. The third-order valence-electron chi connectivity index (χ3n) is 7.72. The number of halogens is 2. The van der Waals surface area contributed by atoms with E-state index in [1.807, 2.05) is 42.5 Å². The van der Waals surface area contributed by atoms with Crippen molar-refractivity contribution in [3.8, 4) is 11.9 Å². The Kier molecular flexibility index (Phi) is 7.45. The second kappa shape index (κ2) is 11.3. The van der Waals surface area contributed by atoms with E-state index in [4.69, 9.17) is 26.1 Å². The van der Waals surface area contributed by atoms with Gasteiger partial charge in [-0.05, 0) is 73.9 Å². The third kappa shape index (κ3) is 5.90. The lowest BCUT2D eigenvalue weighted by molar-refractivity contribution is -0.0590. The van der Waals surface area contributed by atoms with Gasteiger partial charge in [0.05, 0.1) is 41.5 Å².